The van der Waals surface area contributed by atoms with E-state index in [1.54, 1.807) is 0 Å². The van der Waals surface area contributed by atoms with E-state index in [-0.39, 0.29) is 12.7 Å². The minimum atomic E-state index is 0.101. The number of rotatable bonds is 1. The Hall–Kier alpha value is -0.0800. The van der Waals surface area contributed by atoms with Crippen LogP contribution >= 0.6 is 0 Å². The molecule has 0 amide bonds. The topological polar surface area (TPSA) is 29.5 Å². The monoisotopic (exact) mass is 172 g/mol. The second-order valence-corrected chi connectivity index (χ2v) is 4.78. The van der Waals surface area contributed by atoms with Crippen LogP contribution in [0.2, 0.25) is 0 Å². The molecule has 72 valence electrons. The molecular weight excluding hydrogens is 152 g/mol. The first kappa shape index (κ1) is 10.0. The fourth-order valence-electron chi connectivity index (χ4n) is 1.63. The third-order valence-corrected chi connectivity index (χ3v) is 2.80. The molecule has 1 aliphatic rings. The summed E-state index contributed by atoms with van der Waals surface area (Å²) < 4.78 is 5.52. The van der Waals surface area contributed by atoms with Gasteiger partial charge in [0.15, 0.2) is 0 Å². The van der Waals surface area contributed by atoms with Crippen LogP contribution in [0.4, 0.5) is 0 Å². The molecule has 1 fully saturated rings. The highest BCUT2D eigenvalue weighted by Crippen LogP contribution is 2.33. The summed E-state index contributed by atoms with van der Waals surface area (Å²) in [6.07, 6.45) is 2.30. The molecule has 2 atom stereocenters. The molecule has 1 rings (SSSR count). The zero-order valence-electron chi connectivity index (χ0n) is 8.34. The van der Waals surface area contributed by atoms with Crippen molar-refractivity contribution < 1.29 is 9.84 Å². The van der Waals surface area contributed by atoms with Gasteiger partial charge in [-0.1, -0.05) is 20.8 Å². The van der Waals surface area contributed by atoms with Gasteiger partial charge in [-0.25, -0.2) is 0 Å². The second kappa shape index (κ2) is 3.75. The van der Waals surface area contributed by atoms with Crippen molar-refractivity contribution in [2.24, 2.45) is 11.3 Å². The summed E-state index contributed by atoms with van der Waals surface area (Å²) >= 11 is 0. The maximum atomic E-state index is 8.86. The zero-order valence-corrected chi connectivity index (χ0v) is 8.34. The van der Waals surface area contributed by atoms with E-state index in [1.807, 2.05) is 0 Å². The molecule has 0 aromatic heterocycles. The fraction of sp³-hybridized carbons (Fsp3) is 1.00. The number of ether oxygens (including phenoxy) is 1. The van der Waals surface area contributed by atoms with Gasteiger partial charge < -0.3 is 9.84 Å². The normalized spacial score (nSPS) is 32.0. The molecule has 1 saturated heterocycles. The maximum Gasteiger partial charge on any atom is 0.0806 e. The summed E-state index contributed by atoms with van der Waals surface area (Å²) in [4.78, 5) is 0. The highest BCUT2D eigenvalue weighted by atomic mass is 16.5. The smallest absolute Gasteiger partial charge is 0.0806 e. The molecule has 0 aromatic carbocycles. The minimum absolute atomic E-state index is 0.101. The minimum Gasteiger partial charge on any atom is -0.394 e. The number of aliphatic hydroxyl groups is 1. The van der Waals surface area contributed by atoms with E-state index in [4.69, 9.17) is 9.84 Å². The van der Waals surface area contributed by atoms with Crippen LogP contribution in [0.25, 0.3) is 0 Å². The molecule has 2 heteroatoms. The van der Waals surface area contributed by atoms with E-state index >= 15 is 0 Å². The Kier molecular flexibility index (Phi) is 3.13. The van der Waals surface area contributed by atoms with Gasteiger partial charge in [0.1, 0.15) is 0 Å². The van der Waals surface area contributed by atoms with Gasteiger partial charge in [-0.15, -0.1) is 0 Å². The van der Waals surface area contributed by atoms with E-state index in [0.29, 0.717) is 11.3 Å². The van der Waals surface area contributed by atoms with Gasteiger partial charge in [0.25, 0.3) is 0 Å². The SMILES string of the molecule is CC(C)(C)C1CCC(CO)OC1. The van der Waals surface area contributed by atoms with Gasteiger partial charge in [0, 0.05) is 0 Å². The van der Waals surface area contributed by atoms with Gasteiger partial charge in [-0.2, -0.15) is 0 Å². The van der Waals surface area contributed by atoms with Crippen LogP contribution < -0.4 is 0 Å². The average Bonchev–Trinajstić information content (AvgIpc) is 2.03. The zero-order chi connectivity index (χ0) is 9.19. The highest BCUT2D eigenvalue weighted by molar-refractivity contribution is 4.78. The molecule has 2 nitrogen and oxygen atoms in total. The molecular formula is C10H20O2. The molecule has 0 bridgehead atoms. The van der Waals surface area contributed by atoms with Gasteiger partial charge >= 0.3 is 0 Å². The van der Waals surface area contributed by atoms with Crippen molar-refractivity contribution in [3.63, 3.8) is 0 Å². The third kappa shape index (κ3) is 2.46. The summed E-state index contributed by atoms with van der Waals surface area (Å²) in [6, 6.07) is 0. The summed E-state index contributed by atoms with van der Waals surface area (Å²) in [5.74, 6) is 0.653. The van der Waals surface area contributed by atoms with Gasteiger partial charge in [0.05, 0.1) is 19.3 Å². The molecule has 1 aliphatic heterocycles. The number of hydrogen-bond donors (Lipinski definition) is 1. The molecule has 2 unspecified atom stereocenters. The first-order valence-corrected chi connectivity index (χ1v) is 4.76. The number of hydrogen-bond acceptors (Lipinski definition) is 2. The molecule has 1 heterocycles. The van der Waals surface area contributed by atoms with Crippen LogP contribution in [0.3, 0.4) is 0 Å². The van der Waals surface area contributed by atoms with Crippen molar-refractivity contribution in [2.45, 2.75) is 39.7 Å². The molecule has 0 aromatic rings. The maximum absolute atomic E-state index is 8.86. The van der Waals surface area contributed by atoms with Crippen LogP contribution in [0, 0.1) is 11.3 Å². The average molecular weight is 172 g/mol. The fourth-order valence-corrected chi connectivity index (χ4v) is 1.63. The van der Waals surface area contributed by atoms with Crippen molar-refractivity contribution in [1.29, 1.82) is 0 Å². The summed E-state index contributed by atoms with van der Waals surface area (Å²) in [6.45, 7) is 7.74. The summed E-state index contributed by atoms with van der Waals surface area (Å²) in [5.41, 5.74) is 0.348. The van der Waals surface area contributed by atoms with Crippen LogP contribution in [0.5, 0.6) is 0 Å². The summed E-state index contributed by atoms with van der Waals surface area (Å²) in [5, 5.41) is 8.86. The predicted octanol–water partition coefficient (Wildman–Crippen LogP) is 1.82. The van der Waals surface area contributed by atoms with Crippen molar-refractivity contribution in [1.82, 2.24) is 0 Å². The van der Waals surface area contributed by atoms with Crippen molar-refractivity contribution in [3.8, 4) is 0 Å². The predicted molar refractivity (Wildman–Crippen MR) is 49.0 cm³/mol. The second-order valence-electron chi connectivity index (χ2n) is 4.78. The first-order valence-electron chi connectivity index (χ1n) is 4.76. The van der Waals surface area contributed by atoms with E-state index < -0.39 is 0 Å². The lowest BCUT2D eigenvalue weighted by atomic mass is 9.77. The molecule has 12 heavy (non-hydrogen) atoms. The molecule has 1 N–H and O–H groups in total. The highest BCUT2D eigenvalue weighted by Gasteiger charge is 2.29. The van der Waals surface area contributed by atoms with Crippen LogP contribution in [-0.2, 0) is 4.74 Å². The standard InChI is InChI=1S/C10H20O2/c1-10(2,3)8-4-5-9(6-11)12-7-8/h8-9,11H,4-7H2,1-3H3. The van der Waals surface area contributed by atoms with E-state index in [2.05, 4.69) is 20.8 Å². The summed E-state index contributed by atoms with van der Waals surface area (Å²) in [7, 11) is 0. The third-order valence-electron chi connectivity index (χ3n) is 2.80. The van der Waals surface area contributed by atoms with Gasteiger partial charge in [-0.3, -0.25) is 0 Å². The lowest BCUT2D eigenvalue weighted by Gasteiger charge is -2.36. The Balaban J connectivity index is 2.36. The van der Waals surface area contributed by atoms with Crippen molar-refractivity contribution >= 4 is 0 Å². The Morgan fingerprint density at radius 3 is 2.33 bits per heavy atom. The van der Waals surface area contributed by atoms with Crippen LogP contribution in [-0.4, -0.2) is 24.4 Å². The Labute approximate surface area is 74.9 Å². The lowest BCUT2D eigenvalue weighted by Crippen LogP contribution is -2.34. The Morgan fingerprint density at radius 1 is 1.33 bits per heavy atom. The van der Waals surface area contributed by atoms with E-state index in [1.165, 1.54) is 6.42 Å². The largest absolute Gasteiger partial charge is 0.394 e. The van der Waals surface area contributed by atoms with Crippen LogP contribution in [0.1, 0.15) is 33.6 Å². The quantitative estimate of drug-likeness (QED) is 0.653. The molecule has 0 spiro atoms. The molecule has 0 aliphatic carbocycles. The first-order chi connectivity index (χ1) is 5.54. The lowest BCUT2D eigenvalue weighted by molar-refractivity contribution is -0.0663. The van der Waals surface area contributed by atoms with Crippen LogP contribution in [0.15, 0.2) is 0 Å². The molecule has 0 saturated carbocycles. The van der Waals surface area contributed by atoms with Gasteiger partial charge in [-0.05, 0) is 24.2 Å². The van der Waals surface area contributed by atoms with Gasteiger partial charge in [0.2, 0.25) is 0 Å². The van der Waals surface area contributed by atoms with E-state index in [0.717, 1.165) is 13.0 Å². The molecule has 0 radical (unpaired) electrons. The van der Waals surface area contributed by atoms with Crippen molar-refractivity contribution in [3.05, 3.63) is 0 Å². The Morgan fingerprint density at radius 2 is 2.00 bits per heavy atom. The number of aliphatic hydroxyl groups excluding tert-OH is 1. The van der Waals surface area contributed by atoms with Crippen molar-refractivity contribution in [2.75, 3.05) is 13.2 Å². The Bertz CT molecular complexity index is 129. The van der Waals surface area contributed by atoms with E-state index in [9.17, 15) is 0 Å².